The summed E-state index contributed by atoms with van der Waals surface area (Å²) in [5.74, 6) is -1.20. The molecule has 1 rings (SSSR count). The third kappa shape index (κ3) is 12.0. The van der Waals surface area contributed by atoms with Crippen molar-refractivity contribution in [1.82, 2.24) is 10.6 Å². The van der Waals surface area contributed by atoms with E-state index in [1.807, 2.05) is 27.7 Å². The van der Waals surface area contributed by atoms with Gasteiger partial charge < -0.3 is 30.7 Å². The number of aliphatic hydroxyl groups is 3. The SMILES string of the molecule is CC(C(=O)N[C@@H](C)CNCCCOC1CCCCC1)[C@H](O)C(O)[C@H](O)/C=C/C(C)(C)C. The first-order valence-electron chi connectivity index (χ1n) is 11.9. The molecule has 0 spiro atoms. The number of rotatable bonds is 13. The second-order valence-corrected chi connectivity index (χ2v) is 10.1. The van der Waals surface area contributed by atoms with Crippen molar-refractivity contribution in [2.24, 2.45) is 11.3 Å². The van der Waals surface area contributed by atoms with Gasteiger partial charge in [0.15, 0.2) is 0 Å². The van der Waals surface area contributed by atoms with Crippen molar-refractivity contribution >= 4 is 5.91 Å². The van der Waals surface area contributed by atoms with E-state index in [9.17, 15) is 20.1 Å². The van der Waals surface area contributed by atoms with Gasteiger partial charge in [-0.2, -0.15) is 0 Å². The van der Waals surface area contributed by atoms with Gasteiger partial charge in [0.05, 0.1) is 18.1 Å². The molecule has 0 aromatic rings. The molecule has 1 aliphatic carbocycles. The number of aliphatic hydroxyl groups excluding tert-OH is 3. The Kier molecular flexibility index (Phi) is 12.9. The van der Waals surface area contributed by atoms with Crippen LogP contribution < -0.4 is 10.6 Å². The zero-order valence-electron chi connectivity index (χ0n) is 20.1. The van der Waals surface area contributed by atoms with E-state index in [1.165, 1.54) is 38.2 Å². The summed E-state index contributed by atoms with van der Waals surface area (Å²) in [6.07, 6.45) is 6.79. The van der Waals surface area contributed by atoms with Crippen molar-refractivity contribution in [3.63, 3.8) is 0 Å². The largest absolute Gasteiger partial charge is 0.389 e. The predicted octanol–water partition coefficient (Wildman–Crippen LogP) is 2.14. The summed E-state index contributed by atoms with van der Waals surface area (Å²) >= 11 is 0. The minimum atomic E-state index is -1.43. The molecule has 0 aromatic heterocycles. The number of amides is 1. The first kappa shape index (κ1) is 28.0. The summed E-state index contributed by atoms with van der Waals surface area (Å²) in [5.41, 5.74) is -0.154. The zero-order valence-corrected chi connectivity index (χ0v) is 20.1. The molecule has 0 aliphatic heterocycles. The number of allylic oxidation sites excluding steroid dienone is 1. The van der Waals surface area contributed by atoms with E-state index in [0.717, 1.165) is 19.6 Å². The van der Waals surface area contributed by atoms with Crippen LogP contribution in [0.1, 0.15) is 73.1 Å². The van der Waals surface area contributed by atoms with E-state index in [2.05, 4.69) is 10.6 Å². The standard InChI is InChI=1S/C24H46N2O5/c1-17(16-25-14-9-15-31-19-10-7-6-8-11-19)26-23(30)18(2)21(28)22(29)20(27)12-13-24(3,4)5/h12-13,17-22,25,27-29H,6-11,14-16H2,1-5H3,(H,26,30)/b13-12+/t17-,18?,20+,21-,22?/m0/s1. The van der Waals surface area contributed by atoms with Crippen LogP contribution in [0.2, 0.25) is 0 Å². The van der Waals surface area contributed by atoms with Gasteiger partial charge in [0.2, 0.25) is 5.91 Å². The Labute approximate surface area is 188 Å². The van der Waals surface area contributed by atoms with Gasteiger partial charge in [-0.1, -0.05) is 59.1 Å². The molecule has 2 unspecified atom stereocenters. The Bertz CT molecular complexity index is 529. The molecule has 7 heteroatoms. The maximum absolute atomic E-state index is 12.4. The maximum atomic E-state index is 12.4. The molecule has 1 amide bonds. The lowest BCUT2D eigenvalue weighted by Gasteiger charge is -2.27. The van der Waals surface area contributed by atoms with Crippen molar-refractivity contribution < 1.29 is 24.9 Å². The molecule has 1 saturated carbocycles. The normalized spacial score (nSPS) is 20.9. The molecule has 0 aromatic carbocycles. The van der Waals surface area contributed by atoms with E-state index in [1.54, 1.807) is 13.0 Å². The molecule has 0 bridgehead atoms. The van der Waals surface area contributed by atoms with Gasteiger partial charge in [-0.05, 0) is 38.1 Å². The van der Waals surface area contributed by atoms with E-state index in [-0.39, 0.29) is 17.4 Å². The van der Waals surface area contributed by atoms with Gasteiger partial charge in [0, 0.05) is 19.2 Å². The fourth-order valence-electron chi connectivity index (χ4n) is 3.58. The Hall–Kier alpha value is -0.990. The third-order valence-corrected chi connectivity index (χ3v) is 5.66. The van der Waals surface area contributed by atoms with Crippen molar-refractivity contribution in [2.75, 3.05) is 19.7 Å². The first-order chi connectivity index (χ1) is 14.5. The highest BCUT2D eigenvalue weighted by molar-refractivity contribution is 5.79. The van der Waals surface area contributed by atoms with E-state index in [0.29, 0.717) is 12.6 Å². The number of carbonyl (C=O) groups is 1. The molecule has 5 atom stereocenters. The summed E-state index contributed by atoms with van der Waals surface area (Å²) in [7, 11) is 0. The maximum Gasteiger partial charge on any atom is 0.225 e. The van der Waals surface area contributed by atoms with Crippen LogP contribution in [0.15, 0.2) is 12.2 Å². The van der Waals surface area contributed by atoms with Crippen LogP contribution in [-0.4, -0.2) is 71.4 Å². The fourth-order valence-corrected chi connectivity index (χ4v) is 3.58. The highest BCUT2D eigenvalue weighted by atomic mass is 16.5. The van der Waals surface area contributed by atoms with E-state index >= 15 is 0 Å². The number of ether oxygens (including phenoxy) is 1. The molecule has 7 nitrogen and oxygen atoms in total. The molecular weight excluding hydrogens is 396 g/mol. The van der Waals surface area contributed by atoms with Crippen LogP contribution in [0, 0.1) is 11.3 Å². The van der Waals surface area contributed by atoms with Crippen molar-refractivity contribution in [3.05, 3.63) is 12.2 Å². The smallest absolute Gasteiger partial charge is 0.225 e. The minimum absolute atomic E-state index is 0.121. The molecular formula is C24H46N2O5. The molecule has 0 radical (unpaired) electrons. The summed E-state index contributed by atoms with van der Waals surface area (Å²) in [5, 5.41) is 36.8. The number of carbonyl (C=O) groups excluding carboxylic acids is 1. The van der Waals surface area contributed by atoms with Crippen LogP contribution in [0.25, 0.3) is 0 Å². The van der Waals surface area contributed by atoms with E-state index in [4.69, 9.17) is 4.74 Å². The van der Waals surface area contributed by atoms with Crippen LogP contribution in [0.5, 0.6) is 0 Å². The third-order valence-electron chi connectivity index (χ3n) is 5.66. The molecule has 1 fully saturated rings. The van der Waals surface area contributed by atoms with E-state index < -0.39 is 24.2 Å². The van der Waals surface area contributed by atoms with Crippen molar-refractivity contribution in [2.45, 2.75) is 104 Å². The number of hydrogen-bond acceptors (Lipinski definition) is 6. The highest BCUT2D eigenvalue weighted by Gasteiger charge is 2.32. The Morgan fingerprint density at radius 2 is 1.74 bits per heavy atom. The monoisotopic (exact) mass is 442 g/mol. The lowest BCUT2D eigenvalue weighted by molar-refractivity contribution is -0.134. The molecule has 0 heterocycles. The molecule has 5 N–H and O–H groups in total. The van der Waals surface area contributed by atoms with Gasteiger partial charge in [-0.15, -0.1) is 0 Å². The Balaban J connectivity index is 2.25. The number of nitrogens with one attached hydrogen (secondary N) is 2. The first-order valence-corrected chi connectivity index (χ1v) is 11.9. The van der Waals surface area contributed by atoms with Gasteiger partial charge in [-0.3, -0.25) is 4.79 Å². The van der Waals surface area contributed by atoms with Gasteiger partial charge >= 0.3 is 0 Å². The molecule has 1 aliphatic rings. The van der Waals surface area contributed by atoms with Gasteiger partial charge in [0.25, 0.3) is 0 Å². The quantitative estimate of drug-likeness (QED) is 0.221. The predicted molar refractivity (Wildman–Crippen MR) is 124 cm³/mol. The highest BCUT2D eigenvalue weighted by Crippen LogP contribution is 2.20. The second kappa shape index (κ2) is 14.2. The average molecular weight is 443 g/mol. The fraction of sp³-hybridized carbons (Fsp3) is 0.875. The van der Waals surface area contributed by atoms with Gasteiger partial charge in [0.1, 0.15) is 12.2 Å². The van der Waals surface area contributed by atoms with Gasteiger partial charge in [-0.25, -0.2) is 0 Å². The lowest BCUT2D eigenvalue weighted by atomic mass is 9.92. The summed E-state index contributed by atoms with van der Waals surface area (Å²) < 4.78 is 5.90. The lowest BCUT2D eigenvalue weighted by Crippen LogP contribution is -2.49. The molecule has 182 valence electrons. The Morgan fingerprint density at radius 3 is 2.35 bits per heavy atom. The van der Waals surface area contributed by atoms with Crippen molar-refractivity contribution in [3.8, 4) is 0 Å². The number of hydrogen-bond donors (Lipinski definition) is 5. The molecule has 0 saturated heterocycles. The van der Waals surface area contributed by atoms with Crippen LogP contribution in [0.4, 0.5) is 0 Å². The summed E-state index contributed by atoms with van der Waals surface area (Å²) in [6.45, 7) is 11.5. The van der Waals surface area contributed by atoms with Crippen LogP contribution in [-0.2, 0) is 9.53 Å². The molecule has 31 heavy (non-hydrogen) atoms. The topological polar surface area (TPSA) is 111 Å². The van der Waals surface area contributed by atoms with Crippen LogP contribution in [0.3, 0.4) is 0 Å². The van der Waals surface area contributed by atoms with Crippen LogP contribution >= 0.6 is 0 Å². The minimum Gasteiger partial charge on any atom is -0.389 e. The van der Waals surface area contributed by atoms with Crippen molar-refractivity contribution in [1.29, 1.82) is 0 Å². The summed E-state index contributed by atoms with van der Waals surface area (Å²) in [6, 6.07) is -0.121. The second-order valence-electron chi connectivity index (χ2n) is 10.1. The summed E-state index contributed by atoms with van der Waals surface area (Å²) in [4.78, 5) is 12.4. The average Bonchev–Trinajstić information content (AvgIpc) is 2.72. The Morgan fingerprint density at radius 1 is 1.10 bits per heavy atom. The zero-order chi connectivity index (χ0) is 23.4.